The number of para-hydroxylation sites is 1. The molecule has 4 atom stereocenters. The van der Waals surface area contributed by atoms with Gasteiger partial charge in [-0.15, -0.1) is 0 Å². The summed E-state index contributed by atoms with van der Waals surface area (Å²) < 4.78 is 24.1. The number of pyridine rings is 2. The lowest BCUT2D eigenvalue weighted by atomic mass is 9.85. The second kappa shape index (κ2) is 33.0. The van der Waals surface area contributed by atoms with E-state index in [1.165, 1.54) is 61.3 Å². The molecule has 3 aromatic rings. The Labute approximate surface area is 587 Å². The van der Waals surface area contributed by atoms with Crippen molar-refractivity contribution in [2.75, 3.05) is 115 Å². The molecule has 0 radical (unpaired) electrons. The van der Waals surface area contributed by atoms with Crippen LogP contribution in [0.1, 0.15) is 117 Å². The third-order valence-electron chi connectivity index (χ3n) is 17.5. The fourth-order valence-electron chi connectivity index (χ4n) is 11.7. The van der Waals surface area contributed by atoms with E-state index in [0.717, 1.165) is 61.2 Å². The van der Waals surface area contributed by atoms with Crippen LogP contribution in [0.3, 0.4) is 0 Å². The molecule has 552 valence electrons. The van der Waals surface area contributed by atoms with Crippen LogP contribution < -0.4 is 16.2 Å². The van der Waals surface area contributed by atoms with Gasteiger partial charge in [0.05, 0.1) is 81.2 Å². The lowest BCUT2D eigenvalue weighted by Gasteiger charge is -2.37. The van der Waals surface area contributed by atoms with Gasteiger partial charge < -0.3 is 78.2 Å². The summed E-state index contributed by atoms with van der Waals surface area (Å²) in [6.07, 6.45) is -0.565. The summed E-state index contributed by atoms with van der Waals surface area (Å²) in [6, 6.07) is 4.98. The van der Waals surface area contributed by atoms with Crippen LogP contribution >= 0.6 is 0 Å². The first-order chi connectivity index (χ1) is 47.0. The Morgan fingerprint density at radius 1 is 0.644 bits per heavy atom. The molecule has 11 amide bonds. The quantitative estimate of drug-likeness (QED) is 0.0610. The number of cyclic esters (lactones) is 1. The van der Waals surface area contributed by atoms with Crippen LogP contribution in [0, 0.1) is 5.92 Å². The highest BCUT2D eigenvalue weighted by molar-refractivity contribution is 5.98. The van der Waals surface area contributed by atoms with Crippen molar-refractivity contribution < 1.29 is 86.1 Å². The van der Waals surface area contributed by atoms with Gasteiger partial charge in [0.2, 0.25) is 64.7 Å². The van der Waals surface area contributed by atoms with E-state index in [4.69, 9.17) is 23.9 Å². The second-order valence-corrected chi connectivity index (χ2v) is 28.2. The number of carbonyl (C=O) groups is 14. The maximum Gasteiger partial charge on any atom is 0.410 e. The van der Waals surface area contributed by atoms with Crippen molar-refractivity contribution in [2.45, 2.75) is 149 Å². The van der Waals surface area contributed by atoms with Crippen molar-refractivity contribution in [1.82, 2.24) is 64.3 Å². The molecule has 2 N–H and O–H groups in total. The molecule has 5 heterocycles. The first kappa shape index (κ1) is 79.9. The Morgan fingerprint density at radius 3 is 1.58 bits per heavy atom. The summed E-state index contributed by atoms with van der Waals surface area (Å²) >= 11 is 0. The Hall–Kier alpha value is -10.0. The van der Waals surface area contributed by atoms with Crippen molar-refractivity contribution in [2.24, 2.45) is 5.92 Å². The summed E-state index contributed by atoms with van der Waals surface area (Å²) in [5, 5.41) is 6.19. The molecule has 101 heavy (non-hydrogen) atoms. The molecular formula is C69H97N13O19. The standard InChI is InChI=1S/C69H97N13O19/c1-19-41-42-24-21-22-25-46(42)71-60-43(41)30-82-49(60)28-45-44(62(82)93)39-98-65(96)69(45,20-2)100-64(95)59(40(3)4)72-61(92)48-26-23-27-81(48)63(94)47(29-58(91)99-67(5,6)7)70-50(83)31-73(11)51(84)32-74(12)52(85)33-75(13)53(86)34-76(14)54(87)35-77(15)55(88)36-78(16)56(89)37-79(17)57(90)38-80(18)66(97)101-68(8,9)10/h21-22,24-25,28,40,47-48,59H,19-20,23,26-27,29-39H2,1-18H3,(H,70,83)(H,72,92)/t47-,48-,59-,69-/m0/s1. The van der Waals surface area contributed by atoms with Crippen molar-refractivity contribution in [3.05, 3.63) is 62.9 Å². The number of hydrogen-bond donors (Lipinski definition) is 2. The number of likely N-dealkylation sites (tertiary alicyclic amines) is 1. The highest BCUT2D eigenvalue weighted by atomic mass is 16.6. The number of benzene rings is 1. The van der Waals surface area contributed by atoms with Crippen LogP contribution in [0.25, 0.3) is 22.3 Å². The fourth-order valence-corrected chi connectivity index (χ4v) is 11.7. The molecule has 3 aliphatic heterocycles. The van der Waals surface area contributed by atoms with Crippen molar-refractivity contribution >= 4 is 94.0 Å². The number of likely N-dealkylation sites (N-methyl/N-ethyl adjacent to an activating group) is 8. The van der Waals surface area contributed by atoms with Crippen LogP contribution in [0.4, 0.5) is 4.79 Å². The number of amides is 11. The monoisotopic (exact) mass is 1410 g/mol. The molecule has 1 fully saturated rings. The zero-order valence-corrected chi connectivity index (χ0v) is 61.2. The predicted molar refractivity (Wildman–Crippen MR) is 364 cm³/mol. The lowest BCUT2D eigenvalue weighted by molar-refractivity contribution is -0.191. The van der Waals surface area contributed by atoms with Gasteiger partial charge in [0.15, 0.2) is 0 Å². The van der Waals surface area contributed by atoms with Gasteiger partial charge in [0, 0.05) is 79.4 Å². The molecule has 0 saturated carbocycles. The molecule has 0 aliphatic carbocycles. The zero-order chi connectivity index (χ0) is 75.7. The molecule has 3 aliphatic rings. The van der Waals surface area contributed by atoms with E-state index >= 15 is 0 Å². The topological polar surface area (TPSA) is 364 Å². The molecule has 1 saturated heterocycles. The maximum atomic E-state index is 14.6. The van der Waals surface area contributed by atoms with Gasteiger partial charge in [-0.3, -0.25) is 57.5 Å². The average molecular weight is 1410 g/mol. The van der Waals surface area contributed by atoms with E-state index in [1.54, 1.807) is 72.9 Å². The van der Waals surface area contributed by atoms with E-state index in [-0.39, 0.29) is 56.6 Å². The number of aromatic nitrogens is 2. The van der Waals surface area contributed by atoms with Gasteiger partial charge in [-0.25, -0.2) is 19.4 Å². The minimum Gasteiger partial charge on any atom is -0.460 e. The average Bonchev–Trinajstić information content (AvgIpc) is 1.49. The highest BCUT2D eigenvalue weighted by Crippen LogP contribution is 2.42. The molecule has 0 spiro atoms. The van der Waals surface area contributed by atoms with E-state index in [0.29, 0.717) is 17.8 Å². The Kier molecular flexibility index (Phi) is 26.1. The SMILES string of the molecule is CCc1c2c(nc3ccccc13)-c1cc3c(c(=O)n1C2)COC(=O)[C@@]3(CC)OC(=O)[C@@H](NC(=O)[C@@H]1CCCN1C(=O)[C@H](CC(=O)OC(C)(C)C)NC(=O)CN(C)C(=O)CN(C)C(=O)CN(C)C(=O)CN(C)C(=O)CN(C)C(=O)CN(C)C(=O)CN(C)C(=O)CN(C)C(=O)OC(C)(C)C)C(C)C. The van der Waals surface area contributed by atoms with Crippen LogP contribution in [-0.4, -0.2) is 281 Å². The van der Waals surface area contributed by atoms with E-state index in [9.17, 15) is 71.9 Å². The summed E-state index contributed by atoms with van der Waals surface area (Å²) in [5.41, 5.74) is -0.535. The number of nitrogens with one attached hydrogen (secondary N) is 2. The summed E-state index contributed by atoms with van der Waals surface area (Å²) in [6.45, 7) is 12.4. The Bertz CT molecular complexity index is 3820. The van der Waals surface area contributed by atoms with Gasteiger partial charge in [-0.05, 0) is 90.8 Å². The molecule has 2 aromatic heterocycles. The van der Waals surface area contributed by atoms with Crippen LogP contribution in [0.15, 0.2) is 35.1 Å². The molecule has 0 bridgehead atoms. The van der Waals surface area contributed by atoms with Gasteiger partial charge in [0.1, 0.15) is 42.5 Å². The van der Waals surface area contributed by atoms with E-state index in [2.05, 4.69) is 10.6 Å². The number of carbonyl (C=O) groups excluding carboxylic acids is 14. The van der Waals surface area contributed by atoms with Crippen molar-refractivity contribution in [1.29, 1.82) is 0 Å². The lowest BCUT2D eigenvalue weighted by Crippen LogP contribution is -2.58. The maximum absolute atomic E-state index is 14.6. The first-order valence-electron chi connectivity index (χ1n) is 33.3. The summed E-state index contributed by atoms with van der Waals surface area (Å²) in [4.78, 5) is 218. The van der Waals surface area contributed by atoms with Gasteiger partial charge in [0.25, 0.3) is 5.56 Å². The smallest absolute Gasteiger partial charge is 0.410 e. The molecule has 6 rings (SSSR count). The van der Waals surface area contributed by atoms with E-state index < -0.39 is 182 Å². The third-order valence-corrected chi connectivity index (χ3v) is 17.5. The zero-order valence-electron chi connectivity index (χ0n) is 61.2. The first-order valence-corrected chi connectivity index (χ1v) is 33.3. The Morgan fingerprint density at radius 2 is 1.12 bits per heavy atom. The molecular weight excluding hydrogens is 1310 g/mol. The molecule has 1 aromatic carbocycles. The second-order valence-electron chi connectivity index (χ2n) is 28.2. The largest absolute Gasteiger partial charge is 0.460 e. The van der Waals surface area contributed by atoms with Crippen LogP contribution in [0.2, 0.25) is 0 Å². The molecule has 0 unspecified atom stereocenters. The van der Waals surface area contributed by atoms with Crippen LogP contribution in [0.5, 0.6) is 0 Å². The fraction of sp³-hybridized carbons (Fsp3) is 0.594. The number of hydrogen-bond acceptors (Lipinski definition) is 20. The van der Waals surface area contributed by atoms with Crippen LogP contribution in [-0.2, 0) is 106 Å². The third kappa shape index (κ3) is 19.7. The van der Waals surface area contributed by atoms with E-state index in [1.807, 2.05) is 31.2 Å². The molecule has 32 nitrogen and oxygen atoms in total. The van der Waals surface area contributed by atoms with Gasteiger partial charge >= 0.3 is 24.0 Å². The Balaban J connectivity index is 1.02. The number of nitrogens with zero attached hydrogens (tertiary/aromatic N) is 11. The normalized spacial score (nSPS) is 15.9. The van der Waals surface area contributed by atoms with Crippen molar-refractivity contribution in [3.8, 4) is 11.4 Å². The minimum absolute atomic E-state index is 0.0185. The highest BCUT2D eigenvalue weighted by Gasteiger charge is 2.52. The molecule has 32 heteroatoms. The van der Waals surface area contributed by atoms with Crippen molar-refractivity contribution in [3.63, 3.8) is 0 Å². The number of esters is 3. The minimum atomic E-state index is -2.12. The number of aryl methyl sites for hydroxylation is 1. The van der Waals surface area contributed by atoms with Gasteiger partial charge in [-0.2, -0.15) is 0 Å². The number of fused-ring (bicyclic) bond motifs is 5. The van der Waals surface area contributed by atoms with Gasteiger partial charge in [-0.1, -0.05) is 45.9 Å². The predicted octanol–water partition coefficient (Wildman–Crippen LogP) is 0.617. The number of rotatable bonds is 27. The number of ether oxygens (including phenoxy) is 4. The summed E-state index contributed by atoms with van der Waals surface area (Å²) in [5.74, 6) is -10.7. The summed E-state index contributed by atoms with van der Waals surface area (Å²) in [7, 11) is 10.5.